The Balaban J connectivity index is 0.00000312. The highest BCUT2D eigenvalue weighted by molar-refractivity contribution is 6.30. The summed E-state index contributed by atoms with van der Waals surface area (Å²) in [5.74, 6) is 0.843. The molecule has 0 saturated heterocycles. The van der Waals surface area contributed by atoms with Crippen LogP contribution in [0, 0.1) is 0 Å². The average Bonchev–Trinajstić information content (AvgIpc) is 2.58. The zero-order valence-corrected chi connectivity index (χ0v) is 16.1. The van der Waals surface area contributed by atoms with Crippen LogP contribution in [0.1, 0.15) is 11.1 Å². The largest absolute Gasteiger partial charge is 0.489 e. The highest BCUT2D eigenvalue weighted by Gasteiger charge is 2.09. The molecule has 1 N–H and O–H groups in total. The lowest BCUT2D eigenvalue weighted by molar-refractivity contribution is -0.129. The maximum Gasteiger partial charge on any atom is 0.226 e. The van der Waals surface area contributed by atoms with Gasteiger partial charge in [-0.2, -0.15) is 0 Å². The number of hydrogen-bond acceptors (Lipinski definition) is 3. The van der Waals surface area contributed by atoms with Crippen molar-refractivity contribution in [1.82, 2.24) is 10.2 Å². The van der Waals surface area contributed by atoms with E-state index in [-0.39, 0.29) is 18.3 Å². The lowest BCUT2D eigenvalue weighted by Crippen LogP contribution is -2.33. The molecule has 0 aliphatic heterocycles. The standard InChI is InChI=1S/C19H23ClN2O2.ClH/c1-21-9-10-22(2)19(23)13-15-5-4-8-18(12-15)24-14-16-6-3-7-17(20)11-16;/h3-8,11-12,21H,9-10,13-14H2,1-2H3;1H. The van der Waals surface area contributed by atoms with E-state index in [1.54, 1.807) is 4.90 Å². The minimum atomic E-state index is 0. The molecule has 4 nitrogen and oxygen atoms in total. The van der Waals surface area contributed by atoms with Crippen molar-refractivity contribution in [2.45, 2.75) is 13.0 Å². The molecule has 0 saturated carbocycles. The van der Waals surface area contributed by atoms with E-state index in [9.17, 15) is 4.79 Å². The molecule has 2 aromatic carbocycles. The molecular formula is C19H24Cl2N2O2. The molecule has 1 amide bonds. The topological polar surface area (TPSA) is 41.6 Å². The second-order valence-electron chi connectivity index (χ2n) is 5.66. The van der Waals surface area contributed by atoms with Crippen molar-refractivity contribution in [2.24, 2.45) is 0 Å². The molecule has 0 radical (unpaired) electrons. The number of amides is 1. The van der Waals surface area contributed by atoms with Crippen molar-refractivity contribution >= 4 is 29.9 Å². The van der Waals surface area contributed by atoms with Gasteiger partial charge >= 0.3 is 0 Å². The molecule has 6 heteroatoms. The second kappa shape index (κ2) is 11.0. The number of likely N-dealkylation sites (N-methyl/N-ethyl adjacent to an activating group) is 2. The molecule has 0 unspecified atom stereocenters. The molecule has 0 aliphatic carbocycles. The van der Waals surface area contributed by atoms with E-state index < -0.39 is 0 Å². The van der Waals surface area contributed by atoms with Gasteiger partial charge in [-0.15, -0.1) is 12.4 Å². The van der Waals surface area contributed by atoms with Crippen LogP contribution < -0.4 is 10.1 Å². The van der Waals surface area contributed by atoms with Gasteiger partial charge in [-0.25, -0.2) is 0 Å². The third-order valence-corrected chi connectivity index (χ3v) is 3.91. The number of ether oxygens (including phenoxy) is 1. The van der Waals surface area contributed by atoms with E-state index in [2.05, 4.69) is 5.32 Å². The van der Waals surface area contributed by atoms with Crippen molar-refractivity contribution in [1.29, 1.82) is 0 Å². The van der Waals surface area contributed by atoms with Crippen LogP contribution >= 0.6 is 24.0 Å². The predicted octanol–water partition coefficient (Wildman–Crippen LogP) is 3.56. The number of carbonyl (C=O) groups excluding carboxylic acids is 1. The van der Waals surface area contributed by atoms with Crippen molar-refractivity contribution < 1.29 is 9.53 Å². The van der Waals surface area contributed by atoms with Crippen molar-refractivity contribution in [3.63, 3.8) is 0 Å². The van der Waals surface area contributed by atoms with Crippen LogP contribution in [0.4, 0.5) is 0 Å². The molecule has 25 heavy (non-hydrogen) atoms. The Morgan fingerprint density at radius 2 is 1.88 bits per heavy atom. The SMILES string of the molecule is CNCCN(C)C(=O)Cc1cccc(OCc2cccc(Cl)c2)c1.Cl. The Morgan fingerprint density at radius 1 is 1.16 bits per heavy atom. The molecule has 0 heterocycles. The number of nitrogens with zero attached hydrogens (tertiary/aromatic N) is 1. The minimum absolute atomic E-state index is 0. The third-order valence-electron chi connectivity index (χ3n) is 3.67. The molecule has 136 valence electrons. The van der Waals surface area contributed by atoms with Gasteiger partial charge in [0.15, 0.2) is 0 Å². The van der Waals surface area contributed by atoms with Gasteiger partial charge in [-0.1, -0.05) is 35.9 Å². The normalized spacial score (nSPS) is 10.0. The Labute approximate surface area is 160 Å². The Kier molecular flexibility index (Phi) is 9.35. The number of carbonyl (C=O) groups is 1. The van der Waals surface area contributed by atoms with Gasteiger partial charge < -0.3 is 15.0 Å². The number of hydrogen-bond donors (Lipinski definition) is 1. The van der Waals surface area contributed by atoms with Gasteiger partial charge in [0, 0.05) is 25.2 Å². The maximum atomic E-state index is 12.2. The molecule has 0 fully saturated rings. The smallest absolute Gasteiger partial charge is 0.226 e. The first-order chi connectivity index (χ1) is 11.6. The number of benzene rings is 2. The Morgan fingerprint density at radius 3 is 2.60 bits per heavy atom. The number of rotatable bonds is 8. The van der Waals surface area contributed by atoms with Gasteiger partial charge in [0.1, 0.15) is 12.4 Å². The Bertz CT molecular complexity index is 680. The van der Waals surface area contributed by atoms with Crippen LogP contribution in [0.3, 0.4) is 0 Å². The quantitative estimate of drug-likeness (QED) is 0.758. The molecule has 0 atom stereocenters. The van der Waals surface area contributed by atoms with E-state index in [1.165, 1.54) is 0 Å². The van der Waals surface area contributed by atoms with Crippen molar-refractivity contribution in [3.05, 3.63) is 64.7 Å². The monoisotopic (exact) mass is 382 g/mol. The summed E-state index contributed by atoms with van der Waals surface area (Å²) in [6, 6.07) is 15.2. The zero-order chi connectivity index (χ0) is 17.4. The van der Waals surface area contributed by atoms with Crippen molar-refractivity contribution in [3.8, 4) is 5.75 Å². The molecule has 2 aromatic rings. The number of halogens is 2. The summed E-state index contributed by atoms with van der Waals surface area (Å²) in [5, 5.41) is 3.73. The molecule has 0 spiro atoms. The Hall–Kier alpha value is -1.75. The number of nitrogens with one attached hydrogen (secondary N) is 1. The third kappa shape index (κ3) is 7.34. The zero-order valence-electron chi connectivity index (χ0n) is 14.5. The summed E-state index contributed by atoms with van der Waals surface area (Å²) >= 11 is 5.97. The van der Waals surface area contributed by atoms with Crippen molar-refractivity contribution in [2.75, 3.05) is 27.2 Å². The van der Waals surface area contributed by atoms with Crippen LogP contribution in [-0.2, 0) is 17.8 Å². The fourth-order valence-electron chi connectivity index (χ4n) is 2.25. The van der Waals surface area contributed by atoms with Crippen LogP contribution in [0.15, 0.2) is 48.5 Å². The van der Waals surface area contributed by atoms with Gasteiger partial charge in [-0.3, -0.25) is 4.79 Å². The summed E-state index contributed by atoms with van der Waals surface area (Å²) < 4.78 is 5.80. The first-order valence-corrected chi connectivity index (χ1v) is 8.31. The highest BCUT2D eigenvalue weighted by atomic mass is 35.5. The maximum absolute atomic E-state index is 12.2. The van der Waals surface area contributed by atoms with Gasteiger partial charge in [0.05, 0.1) is 6.42 Å². The predicted molar refractivity (Wildman–Crippen MR) is 105 cm³/mol. The van der Waals surface area contributed by atoms with Crippen LogP contribution in [0.2, 0.25) is 5.02 Å². The highest BCUT2D eigenvalue weighted by Crippen LogP contribution is 2.17. The van der Waals surface area contributed by atoms with E-state index >= 15 is 0 Å². The molecule has 0 aromatic heterocycles. The van der Waals surface area contributed by atoms with E-state index in [0.29, 0.717) is 24.6 Å². The summed E-state index contributed by atoms with van der Waals surface area (Å²) in [6.45, 7) is 1.92. The van der Waals surface area contributed by atoms with E-state index in [0.717, 1.165) is 23.4 Å². The molecule has 0 bridgehead atoms. The van der Waals surface area contributed by atoms with Gasteiger partial charge in [-0.05, 0) is 42.4 Å². The van der Waals surface area contributed by atoms with E-state index in [1.807, 2.05) is 62.6 Å². The first kappa shape index (κ1) is 21.3. The van der Waals surface area contributed by atoms with Gasteiger partial charge in [0.2, 0.25) is 5.91 Å². The second-order valence-corrected chi connectivity index (χ2v) is 6.10. The lowest BCUT2D eigenvalue weighted by Gasteiger charge is -2.17. The summed E-state index contributed by atoms with van der Waals surface area (Å²) in [6.07, 6.45) is 0.370. The summed E-state index contributed by atoms with van der Waals surface area (Å²) in [5.41, 5.74) is 1.95. The molecular weight excluding hydrogens is 359 g/mol. The minimum Gasteiger partial charge on any atom is -0.489 e. The first-order valence-electron chi connectivity index (χ1n) is 7.93. The van der Waals surface area contributed by atoms with Crippen LogP contribution in [0.25, 0.3) is 0 Å². The summed E-state index contributed by atoms with van der Waals surface area (Å²) in [4.78, 5) is 13.9. The van der Waals surface area contributed by atoms with E-state index in [4.69, 9.17) is 16.3 Å². The summed E-state index contributed by atoms with van der Waals surface area (Å²) in [7, 11) is 3.69. The fraction of sp³-hybridized carbons (Fsp3) is 0.316. The average molecular weight is 383 g/mol. The fourth-order valence-corrected chi connectivity index (χ4v) is 2.47. The molecule has 0 aliphatic rings. The lowest BCUT2D eigenvalue weighted by atomic mass is 10.1. The van der Waals surface area contributed by atoms with Crippen LogP contribution in [0.5, 0.6) is 5.75 Å². The van der Waals surface area contributed by atoms with Gasteiger partial charge in [0.25, 0.3) is 0 Å². The van der Waals surface area contributed by atoms with Crippen LogP contribution in [-0.4, -0.2) is 38.0 Å². The molecule has 2 rings (SSSR count).